The molecule has 6 rings (SSSR count). The van der Waals surface area contributed by atoms with Crippen molar-refractivity contribution in [3.63, 3.8) is 0 Å². The number of anilines is 2. The van der Waals surface area contributed by atoms with E-state index in [9.17, 15) is 4.39 Å². The number of nitrogens with zero attached hydrogens (tertiary/aromatic N) is 2. The number of nitrogens with one attached hydrogen (secondary N) is 1. The summed E-state index contributed by atoms with van der Waals surface area (Å²) in [5, 5.41) is 3.48. The topological polar surface area (TPSA) is 59.8 Å². The normalized spacial score (nSPS) is 26.8. The van der Waals surface area contributed by atoms with Gasteiger partial charge in [0.2, 0.25) is 0 Å². The van der Waals surface area contributed by atoms with E-state index in [4.69, 9.17) is 13.9 Å². The van der Waals surface area contributed by atoms with Crippen molar-refractivity contribution < 1.29 is 18.3 Å². The van der Waals surface area contributed by atoms with Crippen molar-refractivity contribution in [2.75, 3.05) is 29.9 Å². The first-order valence-corrected chi connectivity index (χ1v) is 10.6. The van der Waals surface area contributed by atoms with Gasteiger partial charge in [0, 0.05) is 12.5 Å². The van der Waals surface area contributed by atoms with Crippen molar-refractivity contribution in [2.45, 2.75) is 56.3 Å². The number of hydrogen-bond donors (Lipinski definition) is 1. The highest BCUT2D eigenvalue weighted by atomic mass is 19.1. The third kappa shape index (κ3) is 3.06. The monoisotopic (exact) mass is 399 g/mol. The van der Waals surface area contributed by atoms with Gasteiger partial charge in [-0.15, -0.1) is 0 Å². The number of ether oxygens (including phenoxy) is 2. The molecule has 4 fully saturated rings. The Kier molecular flexibility index (Phi) is 3.85. The fourth-order valence-electron chi connectivity index (χ4n) is 5.51. The van der Waals surface area contributed by atoms with E-state index in [1.54, 1.807) is 18.5 Å². The van der Waals surface area contributed by atoms with E-state index in [0.717, 1.165) is 43.8 Å². The molecule has 2 aliphatic carbocycles. The molecule has 2 saturated heterocycles. The second-order valence-electron chi connectivity index (χ2n) is 9.35. The van der Waals surface area contributed by atoms with Gasteiger partial charge in [-0.2, -0.15) is 0 Å². The molecule has 2 saturated carbocycles. The minimum absolute atomic E-state index is 0.130. The number of aromatic nitrogens is 1. The quantitative estimate of drug-likeness (QED) is 0.821. The van der Waals surface area contributed by atoms with Crippen LogP contribution in [0.25, 0.3) is 0 Å². The summed E-state index contributed by atoms with van der Waals surface area (Å²) in [6.45, 7) is 2.13. The lowest BCUT2D eigenvalue weighted by atomic mass is 9.55. The maximum atomic E-state index is 13.9. The molecule has 1 aromatic carbocycles. The zero-order valence-electron chi connectivity index (χ0n) is 16.4. The first-order valence-electron chi connectivity index (χ1n) is 10.6. The molecular weight excluding hydrogens is 373 g/mol. The van der Waals surface area contributed by atoms with Gasteiger partial charge in [0.05, 0.1) is 43.7 Å². The molecular formula is C22H26FN3O3. The summed E-state index contributed by atoms with van der Waals surface area (Å²) in [5.41, 5.74) is 1.11. The van der Waals surface area contributed by atoms with Crippen molar-refractivity contribution in [3.05, 3.63) is 36.5 Å². The first-order chi connectivity index (χ1) is 14.1. The lowest BCUT2D eigenvalue weighted by molar-refractivity contribution is -0.0679. The van der Waals surface area contributed by atoms with Crippen LogP contribution in [-0.2, 0) is 4.74 Å². The van der Waals surface area contributed by atoms with Crippen LogP contribution in [-0.4, -0.2) is 42.4 Å². The Balaban J connectivity index is 1.09. The van der Waals surface area contributed by atoms with Crippen LogP contribution in [0.15, 0.2) is 35.1 Å². The summed E-state index contributed by atoms with van der Waals surface area (Å²) in [6, 6.07) is 5.54. The molecule has 6 nitrogen and oxygen atoms in total. The van der Waals surface area contributed by atoms with Crippen LogP contribution in [0.3, 0.4) is 0 Å². The van der Waals surface area contributed by atoms with Crippen LogP contribution < -0.4 is 15.0 Å². The number of rotatable bonds is 5. The van der Waals surface area contributed by atoms with Gasteiger partial charge in [-0.1, -0.05) is 6.42 Å². The molecule has 3 heterocycles. The lowest BCUT2D eigenvalue weighted by Gasteiger charge is -2.53. The highest BCUT2D eigenvalue weighted by Crippen LogP contribution is 2.57. The van der Waals surface area contributed by atoms with Crippen molar-refractivity contribution in [1.29, 1.82) is 0 Å². The predicted octanol–water partition coefficient (Wildman–Crippen LogP) is 3.99. The SMILES string of the molecule is Fc1ccc(OC2CC3(CCC3)C2)c(N[C@H]2COC3(C2)CN(c2ncco2)C3)c1. The van der Waals surface area contributed by atoms with Gasteiger partial charge in [-0.25, -0.2) is 9.37 Å². The van der Waals surface area contributed by atoms with Crippen LogP contribution in [0.5, 0.6) is 5.75 Å². The summed E-state index contributed by atoms with van der Waals surface area (Å²) in [5.74, 6) is 0.498. The number of hydrogen-bond acceptors (Lipinski definition) is 6. The fourth-order valence-corrected chi connectivity index (χ4v) is 5.51. The Morgan fingerprint density at radius 2 is 2.07 bits per heavy atom. The Morgan fingerprint density at radius 1 is 1.21 bits per heavy atom. The van der Waals surface area contributed by atoms with Crippen molar-refractivity contribution in [1.82, 2.24) is 4.98 Å². The summed E-state index contributed by atoms with van der Waals surface area (Å²) >= 11 is 0. The Morgan fingerprint density at radius 3 is 2.79 bits per heavy atom. The molecule has 4 aliphatic rings. The molecule has 1 atom stereocenters. The molecule has 0 amide bonds. The average Bonchev–Trinajstić information content (AvgIpc) is 3.26. The lowest BCUT2D eigenvalue weighted by Crippen LogP contribution is -2.62. The van der Waals surface area contributed by atoms with Gasteiger partial charge in [0.15, 0.2) is 0 Å². The largest absolute Gasteiger partial charge is 0.488 e. The molecule has 0 unspecified atom stereocenters. The van der Waals surface area contributed by atoms with Crippen LogP contribution in [0, 0.1) is 11.2 Å². The van der Waals surface area contributed by atoms with Gasteiger partial charge in [0.1, 0.15) is 23.4 Å². The smallest absolute Gasteiger partial charge is 0.297 e. The summed E-state index contributed by atoms with van der Waals surface area (Å²) in [7, 11) is 0. The molecule has 1 aromatic heterocycles. The molecule has 0 bridgehead atoms. The average molecular weight is 399 g/mol. The maximum absolute atomic E-state index is 13.9. The zero-order valence-corrected chi connectivity index (χ0v) is 16.4. The summed E-state index contributed by atoms with van der Waals surface area (Å²) in [4.78, 5) is 6.27. The van der Waals surface area contributed by atoms with Gasteiger partial charge >= 0.3 is 0 Å². The van der Waals surface area contributed by atoms with Crippen LogP contribution in [0.2, 0.25) is 0 Å². The molecule has 0 radical (unpaired) electrons. The molecule has 2 aromatic rings. The van der Waals surface area contributed by atoms with E-state index < -0.39 is 0 Å². The van der Waals surface area contributed by atoms with E-state index in [1.807, 2.05) is 0 Å². The van der Waals surface area contributed by atoms with Crippen molar-refractivity contribution in [3.8, 4) is 5.75 Å². The van der Waals surface area contributed by atoms with Crippen LogP contribution in [0.4, 0.5) is 16.1 Å². The van der Waals surface area contributed by atoms with Gasteiger partial charge in [0.25, 0.3) is 6.01 Å². The molecule has 29 heavy (non-hydrogen) atoms. The van der Waals surface area contributed by atoms with E-state index >= 15 is 0 Å². The fraction of sp³-hybridized carbons (Fsp3) is 0.591. The highest BCUT2D eigenvalue weighted by molar-refractivity contribution is 5.57. The molecule has 2 aliphatic heterocycles. The summed E-state index contributed by atoms with van der Waals surface area (Å²) in [6.07, 6.45) is 10.7. The van der Waals surface area contributed by atoms with Gasteiger partial charge < -0.3 is 24.1 Å². The van der Waals surface area contributed by atoms with E-state index in [1.165, 1.54) is 31.4 Å². The second-order valence-corrected chi connectivity index (χ2v) is 9.35. The predicted molar refractivity (Wildman–Crippen MR) is 106 cm³/mol. The molecule has 2 spiro atoms. The van der Waals surface area contributed by atoms with Crippen molar-refractivity contribution >= 4 is 11.7 Å². The van der Waals surface area contributed by atoms with E-state index in [-0.39, 0.29) is 23.6 Å². The van der Waals surface area contributed by atoms with Gasteiger partial charge in [-0.05, 0) is 43.2 Å². The van der Waals surface area contributed by atoms with Gasteiger partial charge in [-0.3, -0.25) is 0 Å². The number of benzene rings is 1. The Labute approximate surface area is 169 Å². The Hall–Kier alpha value is -2.28. The maximum Gasteiger partial charge on any atom is 0.297 e. The highest BCUT2D eigenvalue weighted by Gasteiger charge is 2.51. The third-order valence-corrected chi connectivity index (χ3v) is 7.19. The molecule has 7 heteroatoms. The minimum atomic E-state index is -0.253. The summed E-state index contributed by atoms with van der Waals surface area (Å²) < 4.78 is 31.6. The minimum Gasteiger partial charge on any atom is -0.488 e. The van der Waals surface area contributed by atoms with E-state index in [0.29, 0.717) is 18.0 Å². The number of oxazole rings is 1. The zero-order chi connectivity index (χ0) is 19.5. The van der Waals surface area contributed by atoms with Crippen molar-refractivity contribution in [2.24, 2.45) is 5.41 Å². The van der Waals surface area contributed by atoms with E-state index in [2.05, 4.69) is 15.2 Å². The molecule has 1 N–H and O–H groups in total. The Bertz CT molecular complexity index is 885. The third-order valence-electron chi connectivity index (χ3n) is 7.19. The first kappa shape index (κ1) is 17.6. The standard InChI is InChI=1S/C22H26FN3O3/c23-15-2-3-19(29-17-10-21(11-17)4-1-5-21)18(8-15)25-16-9-22(28-12-16)13-26(14-22)20-24-6-7-27-20/h2-3,6-8,16-17,25H,1,4-5,9-14H2/t16-/m1/s1. The molecule has 154 valence electrons. The second kappa shape index (κ2) is 6.36. The van der Waals surface area contributed by atoms with Crippen LogP contribution >= 0.6 is 0 Å². The van der Waals surface area contributed by atoms with Crippen LogP contribution in [0.1, 0.15) is 38.5 Å². The number of halogens is 1.